The molecule has 1 aliphatic heterocycles. The monoisotopic (exact) mass is 462 g/mol. The third-order valence-corrected chi connectivity index (χ3v) is 4.93. The fraction of sp³-hybridized carbons (Fsp3) is 0.304. The minimum Gasteiger partial charge on any atom is -0.406 e. The fourth-order valence-electron chi connectivity index (χ4n) is 3.32. The molecule has 0 saturated heterocycles. The maximum atomic E-state index is 12.7. The van der Waals surface area contributed by atoms with Crippen LogP contribution in [0.25, 0.3) is 0 Å². The normalized spacial score (nSPS) is 16.8. The van der Waals surface area contributed by atoms with Crippen molar-refractivity contribution in [2.24, 2.45) is 0 Å². The SMILES string of the molecule is N=CC(NNC(=O)N1CCC=C[C@H]1COCc1ccccc1)c1ccc(OC(F)(F)F)cc1. The van der Waals surface area contributed by atoms with E-state index in [2.05, 4.69) is 15.6 Å². The number of benzene rings is 2. The van der Waals surface area contributed by atoms with Crippen molar-refractivity contribution in [1.82, 2.24) is 15.8 Å². The molecule has 3 rings (SSSR count). The van der Waals surface area contributed by atoms with Crippen molar-refractivity contribution < 1.29 is 27.4 Å². The van der Waals surface area contributed by atoms with Crippen LogP contribution in [0.3, 0.4) is 0 Å². The summed E-state index contributed by atoms with van der Waals surface area (Å²) in [6.45, 7) is 1.26. The minimum atomic E-state index is -4.78. The predicted octanol–water partition coefficient (Wildman–Crippen LogP) is 4.34. The molecule has 2 aromatic rings. The quantitative estimate of drug-likeness (QED) is 0.294. The number of nitrogens with one attached hydrogen (secondary N) is 3. The molecule has 0 saturated carbocycles. The van der Waals surface area contributed by atoms with Crippen molar-refractivity contribution in [2.75, 3.05) is 13.2 Å². The van der Waals surface area contributed by atoms with E-state index in [1.165, 1.54) is 12.1 Å². The zero-order valence-corrected chi connectivity index (χ0v) is 17.7. The molecule has 1 heterocycles. The first-order valence-electron chi connectivity index (χ1n) is 10.3. The second-order valence-corrected chi connectivity index (χ2v) is 7.31. The Bertz CT molecular complexity index is 936. The zero-order chi connectivity index (χ0) is 23.7. The van der Waals surface area contributed by atoms with Crippen LogP contribution in [-0.2, 0) is 11.3 Å². The van der Waals surface area contributed by atoms with Gasteiger partial charge in [-0.1, -0.05) is 54.6 Å². The summed E-state index contributed by atoms with van der Waals surface area (Å²) in [6.07, 6.45) is 0.882. The molecule has 2 amide bonds. The second-order valence-electron chi connectivity index (χ2n) is 7.31. The van der Waals surface area contributed by atoms with Gasteiger partial charge in [0.1, 0.15) is 5.75 Å². The van der Waals surface area contributed by atoms with E-state index in [4.69, 9.17) is 10.1 Å². The summed E-state index contributed by atoms with van der Waals surface area (Å²) in [6, 6.07) is 13.4. The average Bonchev–Trinajstić information content (AvgIpc) is 2.80. The standard InChI is InChI=1S/C23H25F3N4O3/c24-23(25,26)33-20-11-9-18(10-12-20)21(14-27)28-29-22(31)30-13-5-4-8-19(30)16-32-15-17-6-2-1-3-7-17/h1-4,6-12,14,19,21,27-28H,5,13,15-16H2,(H,29,31)/t19-,21?/m0/s1. The zero-order valence-electron chi connectivity index (χ0n) is 17.7. The predicted molar refractivity (Wildman–Crippen MR) is 117 cm³/mol. The number of alkyl halides is 3. The van der Waals surface area contributed by atoms with Crippen molar-refractivity contribution in [3.05, 3.63) is 77.9 Å². The van der Waals surface area contributed by atoms with E-state index in [1.807, 2.05) is 42.5 Å². The molecule has 0 bridgehead atoms. The van der Waals surface area contributed by atoms with Gasteiger partial charge in [-0.2, -0.15) is 0 Å². The number of rotatable bonds is 9. The van der Waals surface area contributed by atoms with Crippen LogP contribution in [0.1, 0.15) is 23.6 Å². The number of hydrogen-bond acceptors (Lipinski definition) is 5. The van der Waals surface area contributed by atoms with Crippen LogP contribution in [0.5, 0.6) is 5.75 Å². The lowest BCUT2D eigenvalue weighted by Gasteiger charge is -2.32. The molecule has 0 fully saturated rings. The van der Waals surface area contributed by atoms with Crippen LogP contribution in [-0.4, -0.2) is 42.7 Å². The molecule has 33 heavy (non-hydrogen) atoms. The molecule has 2 aromatic carbocycles. The molecule has 7 nitrogen and oxygen atoms in total. The lowest BCUT2D eigenvalue weighted by atomic mass is 10.1. The number of amides is 2. The lowest BCUT2D eigenvalue weighted by molar-refractivity contribution is -0.274. The molecule has 176 valence electrons. The highest BCUT2D eigenvalue weighted by Crippen LogP contribution is 2.24. The van der Waals surface area contributed by atoms with E-state index in [9.17, 15) is 18.0 Å². The summed E-state index contributed by atoms with van der Waals surface area (Å²) in [5, 5.41) is 7.60. The Morgan fingerprint density at radius 3 is 2.58 bits per heavy atom. The first kappa shape index (κ1) is 24.3. The molecule has 2 atom stereocenters. The fourth-order valence-corrected chi connectivity index (χ4v) is 3.32. The highest BCUT2D eigenvalue weighted by atomic mass is 19.4. The van der Waals surface area contributed by atoms with Crippen LogP contribution in [0.2, 0.25) is 0 Å². The Morgan fingerprint density at radius 1 is 1.18 bits per heavy atom. The Balaban J connectivity index is 1.52. The van der Waals surface area contributed by atoms with Crippen LogP contribution < -0.4 is 15.6 Å². The van der Waals surface area contributed by atoms with Crippen molar-refractivity contribution in [3.63, 3.8) is 0 Å². The van der Waals surface area contributed by atoms with Crippen LogP contribution >= 0.6 is 0 Å². The van der Waals surface area contributed by atoms with E-state index in [0.29, 0.717) is 31.7 Å². The topological polar surface area (TPSA) is 86.7 Å². The molecular weight excluding hydrogens is 437 g/mol. The Labute approximate surface area is 189 Å². The maximum Gasteiger partial charge on any atom is 0.573 e. The largest absolute Gasteiger partial charge is 0.573 e. The Hall–Kier alpha value is -3.37. The van der Waals surface area contributed by atoms with E-state index in [0.717, 1.165) is 23.9 Å². The summed E-state index contributed by atoms with van der Waals surface area (Å²) in [4.78, 5) is 14.4. The van der Waals surface area contributed by atoms with Crippen LogP contribution in [0, 0.1) is 5.41 Å². The number of carbonyl (C=O) groups is 1. The number of urea groups is 1. The van der Waals surface area contributed by atoms with Gasteiger partial charge in [-0.15, -0.1) is 13.2 Å². The number of nitrogens with zero attached hydrogens (tertiary/aromatic N) is 1. The van der Waals surface area contributed by atoms with Gasteiger partial charge in [0.15, 0.2) is 0 Å². The van der Waals surface area contributed by atoms with Crippen LogP contribution in [0.15, 0.2) is 66.7 Å². The van der Waals surface area contributed by atoms with Crippen LogP contribution in [0.4, 0.5) is 18.0 Å². The first-order valence-corrected chi connectivity index (χ1v) is 10.3. The van der Waals surface area contributed by atoms with Gasteiger partial charge in [-0.3, -0.25) is 5.43 Å². The Morgan fingerprint density at radius 2 is 1.91 bits per heavy atom. The third-order valence-electron chi connectivity index (χ3n) is 4.93. The number of halogens is 3. The highest BCUT2D eigenvalue weighted by molar-refractivity contribution is 5.75. The van der Waals surface area contributed by atoms with Gasteiger partial charge in [0.05, 0.1) is 25.3 Å². The number of ether oxygens (including phenoxy) is 2. The third kappa shape index (κ3) is 7.62. The van der Waals surface area contributed by atoms with E-state index in [1.54, 1.807) is 4.90 Å². The molecule has 3 N–H and O–H groups in total. The number of hydrazine groups is 1. The van der Waals surface area contributed by atoms with Gasteiger partial charge in [-0.25, -0.2) is 10.2 Å². The second kappa shape index (κ2) is 11.5. The molecule has 1 unspecified atom stereocenters. The van der Waals surface area contributed by atoms with Crippen molar-refractivity contribution in [3.8, 4) is 5.75 Å². The van der Waals surface area contributed by atoms with Gasteiger partial charge in [0.2, 0.25) is 0 Å². The summed E-state index contributed by atoms with van der Waals surface area (Å²) in [7, 11) is 0. The summed E-state index contributed by atoms with van der Waals surface area (Å²) < 4.78 is 46.6. The molecule has 0 aliphatic carbocycles. The summed E-state index contributed by atoms with van der Waals surface area (Å²) in [5.74, 6) is -0.363. The van der Waals surface area contributed by atoms with Gasteiger partial charge in [0, 0.05) is 12.8 Å². The number of hydrogen-bond donors (Lipinski definition) is 3. The lowest BCUT2D eigenvalue weighted by Crippen LogP contribution is -2.53. The molecule has 10 heteroatoms. The smallest absolute Gasteiger partial charge is 0.406 e. The van der Waals surface area contributed by atoms with Crippen molar-refractivity contribution >= 4 is 12.2 Å². The summed E-state index contributed by atoms with van der Waals surface area (Å²) >= 11 is 0. The Kier molecular flexibility index (Phi) is 8.45. The van der Waals surface area contributed by atoms with Crippen molar-refractivity contribution in [1.29, 1.82) is 5.41 Å². The highest BCUT2D eigenvalue weighted by Gasteiger charge is 2.31. The van der Waals surface area contributed by atoms with E-state index >= 15 is 0 Å². The van der Waals surface area contributed by atoms with Gasteiger partial charge < -0.3 is 19.8 Å². The number of carbonyl (C=O) groups excluding carboxylic acids is 1. The van der Waals surface area contributed by atoms with Crippen molar-refractivity contribution in [2.45, 2.75) is 31.5 Å². The van der Waals surface area contributed by atoms with E-state index in [-0.39, 0.29) is 11.8 Å². The minimum absolute atomic E-state index is 0.249. The van der Waals surface area contributed by atoms with Gasteiger partial charge >= 0.3 is 12.4 Å². The molecular formula is C23H25F3N4O3. The maximum absolute atomic E-state index is 12.7. The molecule has 0 radical (unpaired) electrons. The molecule has 0 aromatic heterocycles. The molecule has 1 aliphatic rings. The van der Waals surface area contributed by atoms with Gasteiger partial charge in [0.25, 0.3) is 0 Å². The average molecular weight is 462 g/mol. The molecule has 0 spiro atoms. The summed E-state index contributed by atoms with van der Waals surface area (Å²) in [5.41, 5.74) is 6.84. The van der Waals surface area contributed by atoms with E-state index < -0.39 is 18.4 Å². The van der Waals surface area contributed by atoms with Gasteiger partial charge in [-0.05, 0) is 29.7 Å². The first-order chi connectivity index (χ1) is 15.9.